The summed E-state index contributed by atoms with van der Waals surface area (Å²) >= 11 is 0. The van der Waals surface area contributed by atoms with Gasteiger partial charge in [0.05, 0.1) is 19.4 Å². The second-order valence-corrected chi connectivity index (χ2v) is 4.18. The summed E-state index contributed by atoms with van der Waals surface area (Å²) < 4.78 is 11.2. The van der Waals surface area contributed by atoms with Crippen molar-refractivity contribution in [1.29, 1.82) is 0 Å². The minimum Gasteiger partial charge on any atom is -0.493 e. The van der Waals surface area contributed by atoms with Crippen LogP contribution in [0.3, 0.4) is 0 Å². The molecule has 0 atom stereocenters. The van der Waals surface area contributed by atoms with E-state index in [4.69, 9.17) is 14.7 Å². The van der Waals surface area contributed by atoms with Crippen LogP contribution in [0.2, 0.25) is 0 Å². The van der Waals surface area contributed by atoms with Crippen molar-refractivity contribution in [2.75, 3.05) is 7.11 Å². The second-order valence-electron chi connectivity index (χ2n) is 4.18. The molecule has 1 aliphatic carbocycles. The van der Waals surface area contributed by atoms with E-state index in [1.165, 1.54) is 19.1 Å². The van der Waals surface area contributed by atoms with Crippen LogP contribution in [0.15, 0.2) is 23.4 Å². The molecule has 1 aromatic carbocycles. The Hall–Kier alpha value is -1.71. The largest absolute Gasteiger partial charge is 0.493 e. The van der Waals surface area contributed by atoms with Crippen molar-refractivity contribution in [1.82, 2.24) is 0 Å². The van der Waals surface area contributed by atoms with Crippen molar-refractivity contribution >= 4 is 6.21 Å². The van der Waals surface area contributed by atoms with E-state index in [9.17, 15) is 0 Å². The van der Waals surface area contributed by atoms with E-state index in [0.717, 1.165) is 24.2 Å². The second kappa shape index (κ2) is 5.57. The number of methoxy groups -OCH3 is 1. The molecule has 0 amide bonds. The highest BCUT2D eigenvalue weighted by Gasteiger charge is 2.18. The fourth-order valence-corrected chi connectivity index (χ4v) is 2.12. The van der Waals surface area contributed by atoms with Crippen LogP contribution in [0.4, 0.5) is 0 Å². The quantitative estimate of drug-likeness (QED) is 0.496. The topological polar surface area (TPSA) is 51.0 Å². The molecule has 1 aliphatic rings. The Morgan fingerprint density at radius 2 is 2.06 bits per heavy atom. The Balaban J connectivity index is 2.18. The lowest BCUT2D eigenvalue weighted by Gasteiger charge is -2.16. The van der Waals surface area contributed by atoms with Crippen molar-refractivity contribution in [3.8, 4) is 11.5 Å². The highest BCUT2D eigenvalue weighted by atomic mass is 16.5. The molecule has 92 valence electrons. The average Bonchev–Trinajstić information content (AvgIpc) is 2.83. The minimum absolute atomic E-state index is 0.283. The maximum Gasteiger partial charge on any atom is 0.162 e. The summed E-state index contributed by atoms with van der Waals surface area (Å²) in [5.41, 5.74) is 0.793. The van der Waals surface area contributed by atoms with Crippen molar-refractivity contribution in [2.24, 2.45) is 5.16 Å². The van der Waals surface area contributed by atoms with E-state index in [1.54, 1.807) is 7.11 Å². The molecule has 0 spiro atoms. The molecule has 1 saturated carbocycles. The number of benzene rings is 1. The van der Waals surface area contributed by atoms with Crippen LogP contribution >= 0.6 is 0 Å². The van der Waals surface area contributed by atoms with Gasteiger partial charge in [0.2, 0.25) is 0 Å². The highest BCUT2D eigenvalue weighted by molar-refractivity contribution is 5.80. The van der Waals surface area contributed by atoms with Crippen LogP contribution in [-0.2, 0) is 0 Å². The zero-order valence-electron chi connectivity index (χ0n) is 9.93. The fraction of sp³-hybridized carbons (Fsp3) is 0.462. The van der Waals surface area contributed by atoms with Crippen LogP contribution in [-0.4, -0.2) is 24.6 Å². The van der Waals surface area contributed by atoms with Gasteiger partial charge in [0.25, 0.3) is 0 Å². The minimum atomic E-state index is 0.283. The van der Waals surface area contributed by atoms with Gasteiger partial charge in [-0.2, -0.15) is 0 Å². The summed E-state index contributed by atoms with van der Waals surface area (Å²) in [7, 11) is 1.62. The van der Waals surface area contributed by atoms with E-state index < -0.39 is 0 Å². The molecular formula is C13H17NO3. The van der Waals surface area contributed by atoms with Gasteiger partial charge in [-0.15, -0.1) is 0 Å². The number of nitrogens with zero attached hydrogens (tertiary/aromatic N) is 1. The van der Waals surface area contributed by atoms with E-state index >= 15 is 0 Å². The Kier molecular flexibility index (Phi) is 3.85. The molecule has 2 rings (SSSR count). The molecule has 0 saturated heterocycles. The van der Waals surface area contributed by atoms with E-state index in [2.05, 4.69) is 5.16 Å². The Morgan fingerprint density at radius 1 is 1.29 bits per heavy atom. The first-order chi connectivity index (χ1) is 8.33. The van der Waals surface area contributed by atoms with Crippen LogP contribution < -0.4 is 9.47 Å². The molecule has 1 fully saturated rings. The molecule has 4 heteroatoms. The van der Waals surface area contributed by atoms with Crippen LogP contribution in [0.5, 0.6) is 11.5 Å². The third kappa shape index (κ3) is 2.90. The van der Waals surface area contributed by atoms with Crippen LogP contribution in [0.25, 0.3) is 0 Å². The number of oxime groups is 1. The fourth-order valence-electron chi connectivity index (χ4n) is 2.12. The normalized spacial score (nSPS) is 16.5. The highest BCUT2D eigenvalue weighted by Crippen LogP contribution is 2.32. The van der Waals surface area contributed by atoms with E-state index in [0.29, 0.717) is 5.75 Å². The predicted molar refractivity (Wildman–Crippen MR) is 65.3 cm³/mol. The summed E-state index contributed by atoms with van der Waals surface area (Å²) in [6.07, 6.45) is 6.31. The molecule has 0 aromatic heterocycles. The Bertz CT molecular complexity index is 398. The number of ether oxygens (including phenoxy) is 2. The molecule has 0 aliphatic heterocycles. The molecule has 1 aromatic rings. The molecule has 4 nitrogen and oxygen atoms in total. The van der Waals surface area contributed by atoms with Gasteiger partial charge in [0, 0.05) is 5.56 Å². The predicted octanol–water partition coefficient (Wildman–Crippen LogP) is 2.82. The maximum atomic E-state index is 8.52. The maximum absolute atomic E-state index is 8.52. The monoisotopic (exact) mass is 235 g/mol. The van der Waals surface area contributed by atoms with Crippen molar-refractivity contribution in [2.45, 2.75) is 31.8 Å². The summed E-state index contributed by atoms with van der Waals surface area (Å²) in [6, 6.07) is 5.47. The zero-order valence-corrected chi connectivity index (χ0v) is 9.93. The zero-order chi connectivity index (χ0) is 12.1. The first-order valence-corrected chi connectivity index (χ1v) is 5.85. The lowest BCUT2D eigenvalue weighted by molar-refractivity contribution is 0.201. The molecule has 17 heavy (non-hydrogen) atoms. The lowest BCUT2D eigenvalue weighted by Crippen LogP contribution is -2.11. The standard InChI is InChI=1S/C13H17NO3/c1-16-12-7-6-10(9-14-15)8-13(12)17-11-4-2-3-5-11/h6-9,11,15H,2-5H2,1H3/b14-9-. The van der Waals surface area contributed by atoms with Gasteiger partial charge < -0.3 is 14.7 Å². The van der Waals surface area contributed by atoms with Gasteiger partial charge >= 0.3 is 0 Å². The summed E-state index contributed by atoms with van der Waals surface area (Å²) in [4.78, 5) is 0. The smallest absolute Gasteiger partial charge is 0.162 e. The van der Waals surface area contributed by atoms with Gasteiger partial charge in [-0.3, -0.25) is 0 Å². The molecule has 1 N–H and O–H groups in total. The van der Waals surface area contributed by atoms with Crippen molar-refractivity contribution < 1.29 is 14.7 Å². The SMILES string of the molecule is COc1ccc(/C=N\O)cc1OC1CCCC1. The third-order valence-electron chi connectivity index (χ3n) is 2.99. The van der Waals surface area contributed by atoms with Crippen LogP contribution in [0.1, 0.15) is 31.2 Å². The third-order valence-corrected chi connectivity index (χ3v) is 2.99. The average molecular weight is 235 g/mol. The molecular weight excluding hydrogens is 218 g/mol. The summed E-state index contributed by atoms with van der Waals surface area (Å²) in [5.74, 6) is 1.43. The van der Waals surface area contributed by atoms with Gasteiger partial charge in [0.1, 0.15) is 0 Å². The first-order valence-electron chi connectivity index (χ1n) is 5.85. The molecule has 0 heterocycles. The van der Waals surface area contributed by atoms with Crippen molar-refractivity contribution in [3.05, 3.63) is 23.8 Å². The Labute approximate surface area is 101 Å². The molecule has 0 bridgehead atoms. The first kappa shape index (κ1) is 11.8. The Morgan fingerprint density at radius 3 is 2.71 bits per heavy atom. The van der Waals surface area contributed by atoms with Crippen LogP contribution in [0, 0.1) is 0 Å². The number of hydrogen-bond donors (Lipinski definition) is 1. The summed E-state index contributed by atoms with van der Waals surface area (Å²) in [5, 5.41) is 11.5. The van der Waals surface area contributed by atoms with Gasteiger partial charge in [-0.05, 0) is 43.9 Å². The molecule has 0 unspecified atom stereocenters. The van der Waals surface area contributed by atoms with E-state index in [1.807, 2.05) is 18.2 Å². The van der Waals surface area contributed by atoms with Gasteiger partial charge in [-0.1, -0.05) is 5.16 Å². The number of rotatable bonds is 4. The molecule has 0 radical (unpaired) electrons. The number of hydrogen-bond acceptors (Lipinski definition) is 4. The lowest BCUT2D eigenvalue weighted by atomic mass is 10.2. The van der Waals surface area contributed by atoms with Crippen molar-refractivity contribution in [3.63, 3.8) is 0 Å². The van der Waals surface area contributed by atoms with Gasteiger partial charge in [0.15, 0.2) is 11.5 Å². The van der Waals surface area contributed by atoms with Gasteiger partial charge in [-0.25, -0.2) is 0 Å². The summed E-state index contributed by atoms with van der Waals surface area (Å²) in [6.45, 7) is 0. The van der Waals surface area contributed by atoms with E-state index in [-0.39, 0.29) is 6.10 Å².